The molecule has 1 aromatic heterocycles. The molecule has 2 heterocycles. The van der Waals surface area contributed by atoms with Gasteiger partial charge in [-0.15, -0.1) is 4.40 Å². The van der Waals surface area contributed by atoms with Crippen molar-refractivity contribution in [2.75, 3.05) is 18.9 Å². The van der Waals surface area contributed by atoms with E-state index < -0.39 is 10.2 Å². The van der Waals surface area contributed by atoms with Crippen LogP contribution in [-0.2, 0) is 10.2 Å². The van der Waals surface area contributed by atoms with Crippen LogP contribution in [0, 0.1) is 0 Å². The fourth-order valence-electron chi connectivity index (χ4n) is 2.90. The standard InChI is InChI=1S/C19H17N5O4S/c1-27-13-7-3-11(4-8-13)15-16(12-5-9-14(28-2)10-6-12)22-19-17(21-15)18(20)23-29(25,26)24-19/h3-10H,1-2H3,(H2,20,23)(H,22,24). The maximum Gasteiger partial charge on any atom is 0.345 e. The van der Waals surface area contributed by atoms with E-state index in [2.05, 4.69) is 19.1 Å². The highest BCUT2D eigenvalue weighted by molar-refractivity contribution is 7.91. The van der Waals surface area contributed by atoms with Crippen molar-refractivity contribution in [3.8, 4) is 34.0 Å². The Labute approximate surface area is 167 Å². The lowest BCUT2D eigenvalue weighted by atomic mass is 10.0. The van der Waals surface area contributed by atoms with Crippen molar-refractivity contribution in [1.29, 1.82) is 0 Å². The molecule has 0 amide bonds. The zero-order chi connectivity index (χ0) is 20.6. The second-order valence-electron chi connectivity index (χ2n) is 6.13. The van der Waals surface area contributed by atoms with Gasteiger partial charge in [-0.3, -0.25) is 0 Å². The summed E-state index contributed by atoms with van der Waals surface area (Å²) < 4.78 is 40.0. The van der Waals surface area contributed by atoms with Gasteiger partial charge in [-0.2, -0.15) is 8.42 Å². The molecule has 0 aliphatic carbocycles. The Kier molecular flexibility index (Phi) is 4.55. The third-order valence-electron chi connectivity index (χ3n) is 4.31. The summed E-state index contributed by atoms with van der Waals surface area (Å²) in [5.41, 5.74) is 8.49. The number of nitrogens with one attached hydrogen (secondary N) is 1. The molecule has 0 bridgehead atoms. The predicted molar refractivity (Wildman–Crippen MR) is 109 cm³/mol. The fourth-order valence-corrected chi connectivity index (χ4v) is 3.68. The minimum atomic E-state index is -3.97. The molecule has 29 heavy (non-hydrogen) atoms. The molecule has 3 N–H and O–H groups in total. The van der Waals surface area contributed by atoms with Crippen LogP contribution in [0.4, 0.5) is 5.82 Å². The number of nitrogens with zero attached hydrogens (tertiary/aromatic N) is 3. The van der Waals surface area contributed by atoms with E-state index >= 15 is 0 Å². The average molecular weight is 411 g/mol. The van der Waals surface area contributed by atoms with Gasteiger partial charge in [0, 0.05) is 11.1 Å². The Morgan fingerprint density at radius 3 is 1.76 bits per heavy atom. The fraction of sp³-hybridized carbons (Fsp3) is 0.105. The van der Waals surface area contributed by atoms with E-state index in [0.29, 0.717) is 22.9 Å². The molecular formula is C19H17N5O4S. The van der Waals surface area contributed by atoms with E-state index in [1.807, 2.05) is 24.3 Å². The Morgan fingerprint density at radius 1 is 0.793 bits per heavy atom. The molecule has 1 aliphatic heterocycles. The molecule has 0 spiro atoms. The quantitative estimate of drug-likeness (QED) is 0.673. The smallest absolute Gasteiger partial charge is 0.345 e. The van der Waals surface area contributed by atoms with Crippen molar-refractivity contribution in [1.82, 2.24) is 9.97 Å². The molecule has 0 unspecified atom stereocenters. The van der Waals surface area contributed by atoms with Gasteiger partial charge in [0.2, 0.25) is 0 Å². The van der Waals surface area contributed by atoms with E-state index in [-0.39, 0.29) is 17.3 Å². The SMILES string of the molecule is COc1ccc(-c2nc3c(nc2-c2ccc(OC)cc2)C(N)=NS(=O)(=O)N3)cc1. The Hall–Kier alpha value is -3.66. The summed E-state index contributed by atoms with van der Waals surface area (Å²) in [4.78, 5) is 9.11. The summed E-state index contributed by atoms with van der Waals surface area (Å²) in [6.07, 6.45) is 0. The highest BCUT2D eigenvalue weighted by Crippen LogP contribution is 2.34. The van der Waals surface area contributed by atoms with E-state index in [4.69, 9.17) is 15.2 Å². The summed E-state index contributed by atoms with van der Waals surface area (Å²) in [7, 11) is -0.808. The first-order valence-corrected chi connectivity index (χ1v) is 9.93. The summed E-state index contributed by atoms with van der Waals surface area (Å²) in [5, 5.41) is 0. The van der Waals surface area contributed by atoms with Crippen LogP contribution in [0.3, 0.4) is 0 Å². The third kappa shape index (κ3) is 3.57. The van der Waals surface area contributed by atoms with Gasteiger partial charge in [-0.25, -0.2) is 14.7 Å². The van der Waals surface area contributed by atoms with Crippen LogP contribution in [-0.4, -0.2) is 38.4 Å². The number of hydrogen-bond donors (Lipinski definition) is 2. The lowest BCUT2D eigenvalue weighted by Gasteiger charge is -2.18. The number of ether oxygens (including phenoxy) is 2. The van der Waals surface area contributed by atoms with Crippen molar-refractivity contribution in [3.05, 3.63) is 54.2 Å². The second kappa shape index (κ2) is 7.06. The highest BCUT2D eigenvalue weighted by atomic mass is 32.2. The lowest BCUT2D eigenvalue weighted by molar-refractivity contribution is 0.414. The van der Waals surface area contributed by atoms with Gasteiger partial charge in [0.1, 0.15) is 11.5 Å². The molecule has 0 radical (unpaired) electrons. The third-order valence-corrected chi connectivity index (χ3v) is 5.20. The molecule has 10 heteroatoms. The molecule has 9 nitrogen and oxygen atoms in total. The Balaban J connectivity index is 1.94. The number of methoxy groups -OCH3 is 2. The largest absolute Gasteiger partial charge is 0.497 e. The van der Waals surface area contributed by atoms with Gasteiger partial charge in [0.15, 0.2) is 17.3 Å². The summed E-state index contributed by atoms with van der Waals surface area (Å²) in [5.74, 6) is 1.19. The zero-order valence-electron chi connectivity index (χ0n) is 15.6. The first-order chi connectivity index (χ1) is 13.9. The number of benzene rings is 2. The van der Waals surface area contributed by atoms with E-state index in [0.717, 1.165) is 11.1 Å². The molecule has 2 aromatic carbocycles. The van der Waals surface area contributed by atoms with Crippen LogP contribution in [0.15, 0.2) is 52.9 Å². The zero-order valence-corrected chi connectivity index (χ0v) is 16.4. The van der Waals surface area contributed by atoms with Gasteiger partial charge in [0.25, 0.3) is 0 Å². The number of nitrogens with two attached hydrogens (primary N) is 1. The van der Waals surface area contributed by atoms with E-state index in [1.54, 1.807) is 38.5 Å². The minimum Gasteiger partial charge on any atom is -0.497 e. The summed E-state index contributed by atoms with van der Waals surface area (Å²) in [6.45, 7) is 0. The molecule has 3 aromatic rings. The van der Waals surface area contributed by atoms with Gasteiger partial charge >= 0.3 is 10.2 Å². The number of anilines is 1. The van der Waals surface area contributed by atoms with Crippen LogP contribution in [0.25, 0.3) is 22.5 Å². The monoisotopic (exact) mass is 411 g/mol. The lowest BCUT2D eigenvalue weighted by Crippen LogP contribution is -2.28. The Morgan fingerprint density at radius 2 is 1.28 bits per heavy atom. The van der Waals surface area contributed by atoms with Crippen LogP contribution in [0.2, 0.25) is 0 Å². The first-order valence-electron chi connectivity index (χ1n) is 8.49. The van der Waals surface area contributed by atoms with Crippen molar-refractivity contribution in [2.45, 2.75) is 0 Å². The predicted octanol–water partition coefficient (Wildman–Crippen LogP) is 2.20. The van der Waals surface area contributed by atoms with Gasteiger partial charge < -0.3 is 15.2 Å². The van der Waals surface area contributed by atoms with Crippen LogP contribution in [0.1, 0.15) is 5.69 Å². The molecule has 4 rings (SSSR count). The number of fused-ring (bicyclic) bond motifs is 1. The van der Waals surface area contributed by atoms with Crippen molar-refractivity contribution < 1.29 is 17.9 Å². The summed E-state index contributed by atoms with van der Waals surface area (Å²) >= 11 is 0. The molecule has 1 aliphatic rings. The van der Waals surface area contributed by atoms with Crippen LogP contribution >= 0.6 is 0 Å². The number of hydrogen-bond acceptors (Lipinski definition) is 7. The van der Waals surface area contributed by atoms with E-state index in [9.17, 15) is 8.42 Å². The number of amidine groups is 1. The van der Waals surface area contributed by atoms with Crippen LogP contribution < -0.4 is 19.9 Å². The minimum absolute atomic E-state index is 0.0283. The summed E-state index contributed by atoms with van der Waals surface area (Å²) in [6, 6.07) is 14.5. The van der Waals surface area contributed by atoms with Crippen molar-refractivity contribution in [3.63, 3.8) is 0 Å². The second-order valence-corrected chi connectivity index (χ2v) is 7.47. The molecule has 148 valence electrons. The van der Waals surface area contributed by atoms with Crippen molar-refractivity contribution in [2.24, 2.45) is 10.1 Å². The van der Waals surface area contributed by atoms with Crippen molar-refractivity contribution >= 4 is 21.9 Å². The normalized spacial score (nSPS) is 14.3. The molecular weight excluding hydrogens is 394 g/mol. The van der Waals surface area contributed by atoms with Gasteiger partial charge in [-0.1, -0.05) is 0 Å². The van der Waals surface area contributed by atoms with E-state index in [1.165, 1.54) is 0 Å². The first kappa shape index (κ1) is 18.7. The average Bonchev–Trinajstić information content (AvgIpc) is 2.72. The topological polar surface area (TPSA) is 129 Å². The Bertz CT molecular complexity index is 1210. The molecule has 0 saturated carbocycles. The maximum atomic E-state index is 11.9. The van der Waals surface area contributed by atoms with Crippen LogP contribution in [0.5, 0.6) is 11.5 Å². The van der Waals surface area contributed by atoms with Gasteiger partial charge in [-0.05, 0) is 48.5 Å². The molecule has 0 saturated heterocycles. The molecule has 0 atom stereocenters. The maximum absolute atomic E-state index is 11.9. The molecule has 0 fully saturated rings. The van der Waals surface area contributed by atoms with Gasteiger partial charge in [0.05, 0.1) is 25.6 Å². The number of aromatic nitrogens is 2. The highest BCUT2D eigenvalue weighted by Gasteiger charge is 2.26. The number of rotatable bonds is 4.